The minimum atomic E-state index is -1.30. The topological polar surface area (TPSA) is 241 Å². The van der Waals surface area contributed by atoms with Crippen LogP contribution in [0.25, 0.3) is 0 Å². The number of ether oxygens (including phenoxy) is 2. The first kappa shape index (κ1) is 37.0. The average Bonchev–Trinajstić information content (AvgIpc) is 3.11. The normalized spacial score (nSPS) is 12.7. The van der Waals surface area contributed by atoms with Crippen molar-refractivity contribution >= 4 is 41.4 Å². The Morgan fingerprint density at radius 3 is 1.55 bits per heavy atom. The lowest BCUT2D eigenvalue weighted by molar-refractivity contribution is -0.384. The summed E-state index contributed by atoms with van der Waals surface area (Å²) in [4.78, 5) is 86.3. The number of dihydropyridines is 1. The molecule has 0 saturated carbocycles. The Bertz CT molecular complexity index is 1870. The summed E-state index contributed by atoms with van der Waals surface area (Å²) >= 11 is 0. The predicted molar refractivity (Wildman–Crippen MR) is 178 cm³/mol. The summed E-state index contributed by atoms with van der Waals surface area (Å²) < 4.78 is 10.9. The van der Waals surface area contributed by atoms with Gasteiger partial charge in [0, 0.05) is 23.5 Å². The molecule has 16 heteroatoms. The zero-order chi connectivity index (χ0) is 37.2. The van der Waals surface area contributed by atoms with Crippen LogP contribution in [0.2, 0.25) is 0 Å². The van der Waals surface area contributed by atoms with Crippen LogP contribution in [0, 0.1) is 10.1 Å². The number of amides is 2. The number of allylic oxidation sites excluding steroid dienone is 2. The highest BCUT2D eigenvalue weighted by Crippen LogP contribution is 2.40. The molecule has 1 aliphatic rings. The third kappa shape index (κ3) is 8.80. The molecule has 1 aliphatic heterocycles. The molecule has 3 aromatic rings. The van der Waals surface area contributed by atoms with E-state index in [4.69, 9.17) is 9.47 Å². The van der Waals surface area contributed by atoms with Gasteiger partial charge in [-0.3, -0.25) is 19.7 Å². The van der Waals surface area contributed by atoms with Gasteiger partial charge < -0.3 is 35.6 Å². The number of esters is 2. The van der Waals surface area contributed by atoms with Gasteiger partial charge in [0.15, 0.2) is 0 Å². The number of hydrogen-bond acceptors (Lipinski definition) is 11. The van der Waals surface area contributed by atoms with E-state index in [-0.39, 0.29) is 82.3 Å². The largest absolute Gasteiger partial charge is 0.478 e. The Morgan fingerprint density at radius 2 is 1.14 bits per heavy atom. The fourth-order valence-corrected chi connectivity index (χ4v) is 5.38. The van der Waals surface area contributed by atoms with Gasteiger partial charge in [0.2, 0.25) is 0 Å². The second kappa shape index (κ2) is 16.5. The fraction of sp³-hybridized carbons (Fsp3) is 0.200. The lowest BCUT2D eigenvalue weighted by Crippen LogP contribution is -2.35. The Kier molecular flexibility index (Phi) is 12.0. The number of aromatic carboxylic acids is 2. The molecule has 0 fully saturated rings. The number of nitro benzene ring substituents is 1. The van der Waals surface area contributed by atoms with E-state index in [0.717, 1.165) is 0 Å². The van der Waals surface area contributed by atoms with Crippen LogP contribution in [0.3, 0.4) is 0 Å². The smallest absolute Gasteiger partial charge is 0.336 e. The second-order valence-corrected chi connectivity index (χ2v) is 11.0. The van der Waals surface area contributed by atoms with Crippen LogP contribution in [-0.4, -0.2) is 77.1 Å². The Balaban J connectivity index is 1.50. The maximum Gasteiger partial charge on any atom is 0.336 e. The van der Waals surface area contributed by atoms with Crippen molar-refractivity contribution in [2.45, 2.75) is 19.8 Å². The number of non-ortho nitro benzene ring substituents is 1. The molecule has 0 bridgehead atoms. The summed E-state index contributed by atoms with van der Waals surface area (Å²) in [5, 5.41) is 38.3. The molecule has 0 radical (unpaired) electrons. The number of carboxylic acids is 2. The lowest BCUT2D eigenvalue weighted by atomic mass is 9.80. The zero-order valence-electron chi connectivity index (χ0n) is 27.3. The van der Waals surface area contributed by atoms with Crippen molar-refractivity contribution in [3.8, 4) is 0 Å². The van der Waals surface area contributed by atoms with Gasteiger partial charge in [-0.1, -0.05) is 36.4 Å². The molecule has 5 N–H and O–H groups in total. The molecule has 0 saturated heterocycles. The molecule has 16 nitrogen and oxygen atoms in total. The number of rotatable bonds is 14. The van der Waals surface area contributed by atoms with Gasteiger partial charge in [-0.15, -0.1) is 0 Å². The first-order valence-electron chi connectivity index (χ1n) is 15.3. The highest BCUT2D eigenvalue weighted by molar-refractivity contribution is 6.05. The van der Waals surface area contributed by atoms with E-state index in [1.165, 1.54) is 72.8 Å². The van der Waals surface area contributed by atoms with Gasteiger partial charge in [0.05, 0.1) is 57.3 Å². The maximum atomic E-state index is 13.6. The number of nitro groups is 1. The molecule has 0 aromatic heterocycles. The van der Waals surface area contributed by atoms with Gasteiger partial charge in [0.1, 0.15) is 13.2 Å². The van der Waals surface area contributed by atoms with Crippen molar-refractivity contribution in [2.24, 2.45) is 0 Å². The van der Waals surface area contributed by atoms with E-state index in [0.29, 0.717) is 0 Å². The average molecular weight is 701 g/mol. The van der Waals surface area contributed by atoms with Crippen molar-refractivity contribution < 1.29 is 53.4 Å². The number of nitrogens with one attached hydrogen (secondary N) is 3. The molecule has 0 spiro atoms. The van der Waals surface area contributed by atoms with E-state index in [1.807, 2.05) is 0 Å². The first-order chi connectivity index (χ1) is 24.3. The minimum Gasteiger partial charge on any atom is -0.478 e. The Morgan fingerprint density at radius 1 is 0.706 bits per heavy atom. The van der Waals surface area contributed by atoms with Gasteiger partial charge in [-0.25, -0.2) is 19.2 Å². The van der Waals surface area contributed by atoms with Crippen LogP contribution in [0.1, 0.15) is 66.8 Å². The van der Waals surface area contributed by atoms with Crippen LogP contribution < -0.4 is 16.0 Å². The predicted octanol–water partition coefficient (Wildman–Crippen LogP) is 3.17. The highest BCUT2D eigenvalue weighted by Gasteiger charge is 2.38. The van der Waals surface area contributed by atoms with E-state index in [1.54, 1.807) is 13.8 Å². The minimum absolute atomic E-state index is 0.0748. The summed E-state index contributed by atoms with van der Waals surface area (Å²) in [5.41, 5.74) is -0.333. The van der Waals surface area contributed by atoms with E-state index in [2.05, 4.69) is 16.0 Å². The van der Waals surface area contributed by atoms with E-state index >= 15 is 0 Å². The van der Waals surface area contributed by atoms with Gasteiger partial charge in [-0.05, 0) is 43.7 Å². The van der Waals surface area contributed by atoms with Crippen molar-refractivity contribution in [1.29, 1.82) is 0 Å². The molecule has 0 atom stereocenters. The SMILES string of the molecule is CC1=C(C(=O)OCCNC(=O)c2ccccc2C(=O)O)C(c2cccc([N+](=O)[O-])c2)C(C(=O)OCCNC(=O)c2ccccc2C(=O)O)=C(C)N1. The summed E-state index contributed by atoms with van der Waals surface area (Å²) in [5.74, 6) is -7.05. The monoisotopic (exact) mass is 700 g/mol. The summed E-state index contributed by atoms with van der Waals surface area (Å²) in [6, 6.07) is 16.5. The lowest BCUT2D eigenvalue weighted by Gasteiger charge is -2.30. The Labute approximate surface area is 289 Å². The van der Waals surface area contributed by atoms with E-state index < -0.39 is 46.5 Å². The van der Waals surface area contributed by atoms with Crippen LogP contribution in [0.5, 0.6) is 0 Å². The zero-order valence-corrected chi connectivity index (χ0v) is 27.3. The summed E-state index contributed by atoms with van der Waals surface area (Å²) in [6.45, 7) is 1.97. The third-order valence-electron chi connectivity index (χ3n) is 7.66. The summed E-state index contributed by atoms with van der Waals surface area (Å²) in [6.07, 6.45) is 0. The number of carbonyl (C=O) groups excluding carboxylic acids is 4. The second-order valence-electron chi connectivity index (χ2n) is 11.0. The molecule has 1 heterocycles. The van der Waals surface area contributed by atoms with Crippen LogP contribution in [0.15, 0.2) is 95.3 Å². The van der Waals surface area contributed by atoms with Gasteiger partial charge >= 0.3 is 23.9 Å². The van der Waals surface area contributed by atoms with Gasteiger partial charge in [-0.2, -0.15) is 0 Å². The molecule has 264 valence electrons. The molecule has 3 aromatic carbocycles. The molecule has 0 unspecified atom stereocenters. The quantitative estimate of drug-likeness (QED) is 0.0704. The standard InChI is InChI=1S/C35H32N4O12/c1-19-27(34(46)50-16-14-36-30(40)23-10-3-5-12-25(23)32(42)43)29(21-8-7-9-22(18-21)39(48)49)28(20(2)38-19)35(47)51-17-15-37-31(41)24-11-4-6-13-26(24)33(44)45/h3-13,18,29,38H,14-17H2,1-2H3,(H,36,40)(H,37,41)(H,42,43)(H,44,45). The highest BCUT2D eigenvalue weighted by atomic mass is 16.6. The van der Waals surface area contributed by atoms with Crippen LogP contribution >= 0.6 is 0 Å². The fourth-order valence-electron chi connectivity index (χ4n) is 5.38. The number of hydrogen-bond donors (Lipinski definition) is 5. The molecular formula is C35H32N4O12. The van der Waals surface area contributed by atoms with E-state index in [9.17, 15) is 49.1 Å². The number of nitrogens with zero attached hydrogens (tertiary/aromatic N) is 1. The van der Waals surface area contributed by atoms with Crippen molar-refractivity contribution in [1.82, 2.24) is 16.0 Å². The Hall–Kier alpha value is -6.84. The maximum absolute atomic E-state index is 13.6. The number of carbonyl (C=O) groups is 6. The van der Waals surface area contributed by atoms with Gasteiger partial charge in [0.25, 0.3) is 17.5 Å². The van der Waals surface area contributed by atoms with Crippen LogP contribution in [-0.2, 0) is 19.1 Å². The van der Waals surface area contributed by atoms with Crippen LogP contribution in [0.4, 0.5) is 5.69 Å². The number of carboxylic acid groups (broad SMARTS) is 2. The molecule has 0 aliphatic carbocycles. The van der Waals surface area contributed by atoms with Crippen molar-refractivity contribution in [2.75, 3.05) is 26.3 Å². The molecule has 4 rings (SSSR count). The number of benzene rings is 3. The molecular weight excluding hydrogens is 668 g/mol. The first-order valence-corrected chi connectivity index (χ1v) is 15.3. The van der Waals surface area contributed by atoms with Crippen molar-refractivity contribution in [3.63, 3.8) is 0 Å². The van der Waals surface area contributed by atoms with Crippen molar-refractivity contribution in [3.05, 3.63) is 133 Å². The molecule has 2 amide bonds. The molecule has 51 heavy (non-hydrogen) atoms. The third-order valence-corrected chi connectivity index (χ3v) is 7.66. The summed E-state index contributed by atoms with van der Waals surface area (Å²) in [7, 11) is 0.